The van der Waals surface area contributed by atoms with Crippen LogP contribution >= 0.6 is 0 Å². The van der Waals surface area contributed by atoms with Gasteiger partial charge in [0.05, 0.1) is 22.4 Å². The average Bonchev–Trinajstić information content (AvgIpc) is 2.93. The molecule has 3 rings (SSSR count). The predicted molar refractivity (Wildman–Crippen MR) is 95.5 cm³/mol. The largest absolute Gasteiger partial charge is 0.310 e. The van der Waals surface area contributed by atoms with Gasteiger partial charge in [0, 0.05) is 18.2 Å². The number of fused-ring (bicyclic) bond motifs is 1. The quantitative estimate of drug-likeness (QED) is 0.550. The zero-order valence-corrected chi connectivity index (χ0v) is 13.8. The number of nitro groups is 1. The number of carbonyl (C=O) groups excluding carboxylic acids is 1. The number of amides is 1. The highest BCUT2D eigenvalue weighted by atomic mass is 16.6. The van der Waals surface area contributed by atoms with Crippen molar-refractivity contribution in [2.24, 2.45) is 0 Å². The summed E-state index contributed by atoms with van der Waals surface area (Å²) in [4.78, 5) is 27.5. The molecule has 0 aliphatic rings. The third-order valence-electron chi connectivity index (χ3n) is 3.89. The van der Waals surface area contributed by atoms with Crippen LogP contribution in [0.5, 0.6) is 0 Å². The molecular formula is C18H18N4O3. The lowest BCUT2D eigenvalue weighted by molar-refractivity contribution is -0.385. The molecule has 0 saturated heterocycles. The molecule has 1 heterocycles. The molecule has 7 nitrogen and oxygen atoms in total. The zero-order chi connectivity index (χ0) is 17.8. The van der Waals surface area contributed by atoms with Crippen molar-refractivity contribution in [3.63, 3.8) is 0 Å². The Morgan fingerprint density at radius 2 is 1.92 bits per heavy atom. The molecule has 0 atom stereocenters. The van der Waals surface area contributed by atoms with Gasteiger partial charge >= 0.3 is 0 Å². The number of nitrogens with zero attached hydrogens (tertiary/aromatic N) is 3. The third-order valence-corrected chi connectivity index (χ3v) is 3.89. The normalized spacial score (nSPS) is 10.8. The van der Waals surface area contributed by atoms with Crippen LogP contribution < -0.4 is 5.32 Å². The molecule has 0 aliphatic heterocycles. The maximum Gasteiger partial charge on any atom is 0.273 e. The van der Waals surface area contributed by atoms with E-state index in [1.54, 1.807) is 18.2 Å². The molecule has 2 aromatic carbocycles. The topological polar surface area (TPSA) is 90.1 Å². The van der Waals surface area contributed by atoms with Crippen molar-refractivity contribution in [3.8, 4) is 0 Å². The van der Waals surface area contributed by atoms with Crippen molar-refractivity contribution in [2.75, 3.05) is 5.32 Å². The van der Waals surface area contributed by atoms with Gasteiger partial charge in [-0.1, -0.05) is 37.3 Å². The first-order chi connectivity index (χ1) is 12.1. The maximum atomic E-state index is 12.4. The molecule has 7 heteroatoms. The highest BCUT2D eigenvalue weighted by molar-refractivity contribution is 5.93. The Bertz CT molecular complexity index is 933. The second kappa shape index (κ2) is 7.12. The molecule has 0 unspecified atom stereocenters. The van der Waals surface area contributed by atoms with Gasteiger partial charge in [0.2, 0.25) is 11.9 Å². The highest BCUT2D eigenvalue weighted by Crippen LogP contribution is 2.22. The molecule has 1 N–H and O–H groups in total. The first-order valence-corrected chi connectivity index (χ1v) is 8.07. The lowest BCUT2D eigenvalue weighted by atomic mass is 10.1. The zero-order valence-electron chi connectivity index (χ0n) is 13.8. The molecule has 128 valence electrons. The number of hydrogen-bond acceptors (Lipinski definition) is 4. The fourth-order valence-corrected chi connectivity index (χ4v) is 2.80. The van der Waals surface area contributed by atoms with Gasteiger partial charge in [0.15, 0.2) is 0 Å². The minimum absolute atomic E-state index is 0.0558. The summed E-state index contributed by atoms with van der Waals surface area (Å²) in [7, 11) is 0. The van der Waals surface area contributed by atoms with E-state index in [-0.39, 0.29) is 18.0 Å². The Balaban J connectivity index is 1.85. The van der Waals surface area contributed by atoms with Crippen LogP contribution in [0.15, 0.2) is 48.5 Å². The number of benzene rings is 2. The highest BCUT2D eigenvalue weighted by Gasteiger charge is 2.17. The Kier molecular flexibility index (Phi) is 4.74. The van der Waals surface area contributed by atoms with Crippen LogP contribution in [-0.4, -0.2) is 20.4 Å². The van der Waals surface area contributed by atoms with Gasteiger partial charge < -0.3 is 4.57 Å². The van der Waals surface area contributed by atoms with Crippen molar-refractivity contribution in [1.29, 1.82) is 0 Å². The van der Waals surface area contributed by atoms with Gasteiger partial charge in [-0.2, -0.15) is 0 Å². The van der Waals surface area contributed by atoms with Crippen molar-refractivity contribution >= 4 is 28.6 Å². The van der Waals surface area contributed by atoms with E-state index >= 15 is 0 Å². The summed E-state index contributed by atoms with van der Waals surface area (Å²) >= 11 is 0. The standard InChI is InChI=1S/C18H18N4O3/c1-2-11-21-16-10-6-4-8-14(16)19-18(21)20-17(23)12-13-7-3-5-9-15(13)22(24)25/h3-10H,2,11-12H2,1H3,(H,19,20,23). The summed E-state index contributed by atoms with van der Waals surface area (Å²) in [5, 5.41) is 13.9. The Labute approximate surface area is 144 Å². The van der Waals surface area contributed by atoms with Crippen LogP contribution in [0.25, 0.3) is 11.0 Å². The first-order valence-electron chi connectivity index (χ1n) is 8.07. The van der Waals surface area contributed by atoms with Crippen LogP contribution in [0.4, 0.5) is 11.6 Å². The SMILES string of the molecule is CCCn1c(NC(=O)Cc2ccccc2[N+](=O)[O-])nc2ccccc21. The van der Waals surface area contributed by atoms with E-state index < -0.39 is 4.92 Å². The molecule has 3 aromatic rings. The van der Waals surface area contributed by atoms with E-state index in [1.165, 1.54) is 6.07 Å². The van der Waals surface area contributed by atoms with Gasteiger partial charge in [-0.3, -0.25) is 20.2 Å². The van der Waals surface area contributed by atoms with Crippen LogP contribution in [0.2, 0.25) is 0 Å². The number of aryl methyl sites for hydroxylation is 1. The minimum atomic E-state index is -0.477. The Hall–Kier alpha value is -3.22. The van der Waals surface area contributed by atoms with E-state index in [9.17, 15) is 14.9 Å². The lowest BCUT2D eigenvalue weighted by Crippen LogP contribution is -2.18. The number of nitro benzene ring substituents is 1. The fraction of sp³-hybridized carbons (Fsp3) is 0.222. The molecule has 0 fully saturated rings. The predicted octanol–water partition coefficient (Wildman–Crippen LogP) is 3.54. The minimum Gasteiger partial charge on any atom is -0.310 e. The van der Waals surface area contributed by atoms with Crippen molar-refractivity contribution in [1.82, 2.24) is 9.55 Å². The fourth-order valence-electron chi connectivity index (χ4n) is 2.80. The van der Waals surface area contributed by atoms with Gasteiger partial charge in [0.1, 0.15) is 0 Å². The van der Waals surface area contributed by atoms with Crippen molar-refractivity contribution < 1.29 is 9.72 Å². The average molecular weight is 338 g/mol. The summed E-state index contributed by atoms with van der Waals surface area (Å²) < 4.78 is 1.95. The Morgan fingerprint density at radius 3 is 2.68 bits per heavy atom. The number of para-hydroxylation sites is 3. The van der Waals surface area contributed by atoms with Crippen LogP contribution in [-0.2, 0) is 17.8 Å². The first kappa shape index (κ1) is 16.6. The number of aromatic nitrogens is 2. The van der Waals surface area contributed by atoms with E-state index in [2.05, 4.69) is 10.3 Å². The summed E-state index contributed by atoms with van der Waals surface area (Å²) in [6.45, 7) is 2.77. The molecule has 0 aliphatic carbocycles. The van der Waals surface area contributed by atoms with Gasteiger partial charge in [-0.15, -0.1) is 0 Å². The number of carbonyl (C=O) groups is 1. The molecule has 1 aromatic heterocycles. The van der Waals surface area contributed by atoms with Gasteiger partial charge in [0.25, 0.3) is 5.69 Å². The molecule has 0 bridgehead atoms. The van der Waals surface area contributed by atoms with Gasteiger partial charge in [-0.05, 0) is 18.6 Å². The van der Waals surface area contributed by atoms with Crippen molar-refractivity contribution in [2.45, 2.75) is 26.3 Å². The summed E-state index contributed by atoms with van der Waals surface area (Å²) in [5.74, 6) is 0.133. The molecule has 1 amide bonds. The summed E-state index contributed by atoms with van der Waals surface area (Å²) in [5.41, 5.74) is 2.07. The summed E-state index contributed by atoms with van der Waals surface area (Å²) in [6, 6.07) is 13.9. The molecule has 25 heavy (non-hydrogen) atoms. The number of hydrogen-bond donors (Lipinski definition) is 1. The molecule has 0 spiro atoms. The number of anilines is 1. The third kappa shape index (κ3) is 3.50. The van der Waals surface area contributed by atoms with Crippen LogP contribution in [0.1, 0.15) is 18.9 Å². The van der Waals surface area contributed by atoms with Crippen molar-refractivity contribution in [3.05, 3.63) is 64.2 Å². The second-order valence-electron chi connectivity index (χ2n) is 5.69. The van der Waals surface area contributed by atoms with Gasteiger partial charge in [-0.25, -0.2) is 4.98 Å². The maximum absolute atomic E-state index is 12.4. The molecular weight excluding hydrogens is 320 g/mol. The van der Waals surface area contributed by atoms with Crippen LogP contribution in [0, 0.1) is 10.1 Å². The van der Waals surface area contributed by atoms with E-state index in [0.717, 1.165) is 24.0 Å². The number of imidazole rings is 1. The second-order valence-corrected chi connectivity index (χ2v) is 5.69. The van der Waals surface area contributed by atoms with E-state index in [1.807, 2.05) is 35.8 Å². The molecule has 0 radical (unpaired) electrons. The van der Waals surface area contributed by atoms with E-state index in [0.29, 0.717) is 11.5 Å². The number of nitrogens with one attached hydrogen (secondary N) is 1. The number of rotatable bonds is 6. The summed E-state index contributed by atoms with van der Waals surface area (Å²) in [6.07, 6.45) is 0.819. The molecule has 0 saturated carbocycles. The lowest BCUT2D eigenvalue weighted by Gasteiger charge is -2.09. The smallest absolute Gasteiger partial charge is 0.273 e. The van der Waals surface area contributed by atoms with Crippen LogP contribution in [0.3, 0.4) is 0 Å². The monoisotopic (exact) mass is 338 g/mol. The van der Waals surface area contributed by atoms with E-state index in [4.69, 9.17) is 0 Å². The Morgan fingerprint density at radius 1 is 1.20 bits per heavy atom.